The molecule has 0 aromatic heterocycles. The van der Waals surface area contributed by atoms with Crippen LogP contribution in [-0.2, 0) is 14.4 Å². The molecule has 5 nitrogen and oxygen atoms in total. The molecule has 0 aromatic carbocycles. The van der Waals surface area contributed by atoms with Crippen molar-refractivity contribution >= 4 is 17.7 Å². The van der Waals surface area contributed by atoms with Crippen LogP contribution < -0.4 is 5.32 Å². The Morgan fingerprint density at radius 2 is 1.53 bits per heavy atom. The third kappa shape index (κ3) is 4.97. The van der Waals surface area contributed by atoms with E-state index in [9.17, 15) is 14.4 Å². The number of aliphatic carboxylic acids is 1. The second-order valence-electron chi connectivity index (χ2n) is 4.43. The molecule has 0 bridgehead atoms. The first-order valence-electron chi connectivity index (χ1n) is 6.16. The van der Waals surface area contributed by atoms with Crippen molar-refractivity contribution < 1.29 is 19.5 Å². The van der Waals surface area contributed by atoms with Gasteiger partial charge >= 0.3 is 5.97 Å². The second-order valence-corrected chi connectivity index (χ2v) is 4.43. The van der Waals surface area contributed by atoms with E-state index in [0.717, 1.165) is 32.1 Å². The van der Waals surface area contributed by atoms with Crippen LogP contribution >= 0.6 is 0 Å². The summed E-state index contributed by atoms with van der Waals surface area (Å²) in [5.74, 6) is -2.00. The van der Waals surface area contributed by atoms with Crippen molar-refractivity contribution in [1.82, 2.24) is 5.32 Å². The van der Waals surface area contributed by atoms with Crippen LogP contribution in [0.2, 0.25) is 0 Å². The minimum absolute atomic E-state index is 0.233. The Labute approximate surface area is 101 Å². The molecule has 2 N–H and O–H groups in total. The molecule has 1 rings (SSSR count). The average molecular weight is 241 g/mol. The van der Waals surface area contributed by atoms with E-state index in [1.807, 2.05) is 0 Å². The SMILES string of the molecule is O=C1CCCCCCCCC(=O)[C@@H](C(=O)O)N1. The van der Waals surface area contributed by atoms with Gasteiger partial charge in [0.05, 0.1) is 0 Å². The van der Waals surface area contributed by atoms with Crippen LogP contribution in [-0.4, -0.2) is 28.8 Å². The average Bonchev–Trinajstić information content (AvgIpc) is 2.27. The van der Waals surface area contributed by atoms with E-state index in [0.29, 0.717) is 12.8 Å². The van der Waals surface area contributed by atoms with Gasteiger partial charge in [-0.25, -0.2) is 4.79 Å². The second kappa shape index (κ2) is 7.04. The van der Waals surface area contributed by atoms with Gasteiger partial charge in [-0.2, -0.15) is 0 Å². The van der Waals surface area contributed by atoms with Crippen molar-refractivity contribution in [2.75, 3.05) is 0 Å². The summed E-state index contributed by atoms with van der Waals surface area (Å²) < 4.78 is 0. The first-order valence-corrected chi connectivity index (χ1v) is 6.16. The highest BCUT2D eigenvalue weighted by Crippen LogP contribution is 2.11. The molecule has 0 saturated carbocycles. The number of hydrogen-bond donors (Lipinski definition) is 2. The molecule has 1 fully saturated rings. The fourth-order valence-electron chi connectivity index (χ4n) is 1.95. The van der Waals surface area contributed by atoms with Crippen LogP contribution in [0.5, 0.6) is 0 Å². The Balaban J connectivity index is 2.61. The molecule has 0 unspecified atom stereocenters. The first kappa shape index (κ1) is 13.7. The number of rotatable bonds is 1. The van der Waals surface area contributed by atoms with Gasteiger partial charge in [-0.1, -0.05) is 25.7 Å². The predicted octanol–water partition coefficient (Wildman–Crippen LogP) is 1.26. The van der Waals surface area contributed by atoms with E-state index in [1.54, 1.807) is 0 Å². The fraction of sp³-hybridized carbons (Fsp3) is 0.750. The molecule has 0 aromatic rings. The van der Waals surface area contributed by atoms with Crippen LogP contribution in [0.3, 0.4) is 0 Å². The third-order valence-corrected chi connectivity index (χ3v) is 2.95. The standard InChI is InChI=1S/C12H19NO4/c14-9-7-5-3-1-2-4-6-8-10(15)13-11(9)12(16)17/h11H,1-8H2,(H,13,15)(H,16,17)/t11-/m0/s1. The zero-order valence-corrected chi connectivity index (χ0v) is 9.91. The van der Waals surface area contributed by atoms with Gasteiger partial charge in [-0.15, -0.1) is 0 Å². The van der Waals surface area contributed by atoms with Crippen LogP contribution in [0.1, 0.15) is 51.4 Å². The van der Waals surface area contributed by atoms with Crippen LogP contribution in [0, 0.1) is 0 Å². The van der Waals surface area contributed by atoms with E-state index < -0.39 is 17.8 Å². The maximum absolute atomic E-state index is 11.6. The molecule has 1 saturated heterocycles. The lowest BCUT2D eigenvalue weighted by atomic mass is 10.0. The lowest BCUT2D eigenvalue weighted by Gasteiger charge is -2.14. The smallest absolute Gasteiger partial charge is 0.334 e. The van der Waals surface area contributed by atoms with Crippen LogP contribution in [0.15, 0.2) is 0 Å². The molecule has 17 heavy (non-hydrogen) atoms. The van der Waals surface area contributed by atoms with Crippen LogP contribution in [0.25, 0.3) is 0 Å². The number of carboxylic acid groups (broad SMARTS) is 1. The number of carbonyl (C=O) groups is 3. The summed E-state index contributed by atoms with van der Waals surface area (Å²) in [6, 6.07) is -1.36. The number of Topliss-reactive ketones (excluding diaryl/α,β-unsaturated/α-hetero) is 1. The molecule has 96 valence electrons. The summed E-state index contributed by atoms with van der Waals surface area (Å²) in [7, 11) is 0. The summed E-state index contributed by atoms with van der Waals surface area (Å²) in [5.41, 5.74) is 0. The number of amides is 1. The van der Waals surface area contributed by atoms with E-state index in [4.69, 9.17) is 5.11 Å². The van der Waals surface area contributed by atoms with Crippen molar-refractivity contribution in [3.05, 3.63) is 0 Å². The van der Waals surface area contributed by atoms with Crippen molar-refractivity contribution in [1.29, 1.82) is 0 Å². The molecule has 0 spiro atoms. The van der Waals surface area contributed by atoms with E-state index in [-0.39, 0.29) is 12.3 Å². The topological polar surface area (TPSA) is 83.5 Å². The van der Waals surface area contributed by atoms with E-state index in [1.165, 1.54) is 0 Å². The summed E-state index contributed by atoms with van der Waals surface area (Å²) in [6.07, 6.45) is 6.06. The molecule has 1 aliphatic rings. The monoisotopic (exact) mass is 241 g/mol. The highest BCUT2D eigenvalue weighted by Gasteiger charge is 2.27. The first-order chi connectivity index (χ1) is 8.11. The Hall–Kier alpha value is -1.39. The van der Waals surface area contributed by atoms with Gasteiger partial charge < -0.3 is 10.4 Å². The minimum Gasteiger partial charge on any atom is -0.479 e. The zero-order chi connectivity index (χ0) is 12.7. The van der Waals surface area contributed by atoms with Gasteiger partial charge in [0.2, 0.25) is 5.91 Å². The van der Waals surface area contributed by atoms with Gasteiger partial charge in [-0.3, -0.25) is 9.59 Å². The number of carbonyl (C=O) groups excluding carboxylic acids is 2. The van der Waals surface area contributed by atoms with Crippen molar-refractivity contribution in [2.45, 2.75) is 57.4 Å². The molecule has 1 amide bonds. The van der Waals surface area contributed by atoms with Gasteiger partial charge in [-0.05, 0) is 12.8 Å². The summed E-state index contributed by atoms with van der Waals surface area (Å²) in [5, 5.41) is 11.2. The Bertz CT molecular complexity index is 301. The maximum atomic E-state index is 11.6. The predicted molar refractivity (Wildman–Crippen MR) is 61.5 cm³/mol. The number of nitrogens with one attached hydrogen (secondary N) is 1. The molecular weight excluding hydrogens is 222 g/mol. The molecule has 1 atom stereocenters. The fourth-order valence-corrected chi connectivity index (χ4v) is 1.95. The Morgan fingerprint density at radius 3 is 2.12 bits per heavy atom. The molecule has 1 heterocycles. The van der Waals surface area contributed by atoms with Crippen LogP contribution in [0.4, 0.5) is 0 Å². The number of hydrogen-bond acceptors (Lipinski definition) is 3. The number of ketones is 1. The van der Waals surface area contributed by atoms with Gasteiger partial charge in [0, 0.05) is 12.8 Å². The highest BCUT2D eigenvalue weighted by molar-refractivity contribution is 6.05. The maximum Gasteiger partial charge on any atom is 0.334 e. The van der Waals surface area contributed by atoms with Crippen molar-refractivity contribution in [3.8, 4) is 0 Å². The largest absolute Gasteiger partial charge is 0.479 e. The Kier molecular flexibility index (Phi) is 5.66. The summed E-state index contributed by atoms with van der Waals surface area (Å²) in [6.45, 7) is 0. The lowest BCUT2D eigenvalue weighted by Crippen LogP contribution is -2.46. The molecular formula is C12H19NO4. The van der Waals surface area contributed by atoms with Gasteiger partial charge in [0.15, 0.2) is 11.8 Å². The van der Waals surface area contributed by atoms with Gasteiger partial charge in [0.1, 0.15) is 0 Å². The van der Waals surface area contributed by atoms with Crippen molar-refractivity contribution in [3.63, 3.8) is 0 Å². The quantitative estimate of drug-likeness (QED) is 0.677. The van der Waals surface area contributed by atoms with Gasteiger partial charge in [0.25, 0.3) is 0 Å². The summed E-state index contributed by atoms with van der Waals surface area (Å²) in [4.78, 5) is 33.9. The third-order valence-electron chi connectivity index (χ3n) is 2.95. The van der Waals surface area contributed by atoms with E-state index >= 15 is 0 Å². The van der Waals surface area contributed by atoms with Crippen molar-refractivity contribution in [2.24, 2.45) is 0 Å². The highest BCUT2D eigenvalue weighted by atomic mass is 16.4. The Morgan fingerprint density at radius 1 is 1.00 bits per heavy atom. The molecule has 0 aliphatic carbocycles. The summed E-state index contributed by atoms with van der Waals surface area (Å²) >= 11 is 0. The molecule has 5 heteroatoms. The number of carboxylic acids is 1. The zero-order valence-electron chi connectivity index (χ0n) is 9.91. The van der Waals surface area contributed by atoms with E-state index in [2.05, 4.69) is 5.32 Å². The minimum atomic E-state index is -1.36. The molecule has 1 aliphatic heterocycles. The molecule has 0 radical (unpaired) electrons. The normalized spacial score (nSPS) is 24.4. The lowest BCUT2D eigenvalue weighted by molar-refractivity contribution is -0.146.